The molecule has 2 fully saturated rings. The first-order chi connectivity index (χ1) is 8.25. The van der Waals surface area contributed by atoms with Gasteiger partial charge in [0.25, 0.3) is 0 Å². The van der Waals surface area contributed by atoms with Crippen molar-refractivity contribution in [3.05, 3.63) is 0 Å². The van der Waals surface area contributed by atoms with E-state index in [1.807, 2.05) is 0 Å². The zero-order chi connectivity index (χ0) is 13.6. The highest BCUT2D eigenvalue weighted by Gasteiger charge is 2.64. The normalized spacial score (nSPS) is 35.8. The molecule has 106 valence electrons. The van der Waals surface area contributed by atoms with Crippen molar-refractivity contribution in [2.24, 2.45) is 17.8 Å². The Labute approximate surface area is 108 Å². The van der Waals surface area contributed by atoms with Crippen LogP contribution in [0.15, 0.2) is 0 Å². The number of hydrogen-bond donors (Lipinski definition) is 1. The number of rotatable bonds is 3. The SMILES string of the molecule is CC1CCC(C(C)C)C(NC2(C(F)(F)F)CC2)C1. The first kappa shape index (κ1) is 14.2. The third-order valence-electron chi connectivity index (χ3n) is 4.78. The topological polar surface area (TPSA) is 12.0 Å². The van der Waals surface area contributed by atoms with Crippen molar-refractivity contribution >= 4 is 0 Å². The average molecular weight is 263 g/mol. The van der Waals surface area contributed by atoms with Gasteiger partial charge in [-0.2, -0.15) is 13.2 Å². The maximum Gasteiger partial charge on any atom is 0.406 e. The van der Waals surface area contributed by atoms with Gasteiger partial charge in [0.15, 0.2) is 0 Å². The molecule has 0 spiro atoms. The van der Waals surface area contributed by atoms with Crippen molar-refractivity contribution in [2.45, 2.75) is 70.6 Å². The minimum absolute atomic E-state index is 0.0397. The predicted molar refractivity (Wildman–Crippen MR) is 66.3 cm³/mol. The third-order valence-corrected chi connectivity index (χ3v) is 4.78. The minimum Gasteiger partial charge on any atom is -0.301 e. The van der Waals surface area contributed by atoms with Gasteiger partial charge in [-0.3, -0.25) is 0 Å². The van der Waals surface area contributed by atoms with E-state index in [1.54, 1.807) is 0 Å². The van der Waals surface area contributed by atoms with E-state index in [-0.39, 0.29) is 18.9 Å². The highest BCUT2D eigenvalue weighted by atomic mass is 19.4. The molecule has 2 aliphatic rings. The standard InChI is InChI=1S/C14H24F3N/c1-9(2)11-5-4-10(3)8-12(11)18-13(6-7-13)14(15,16)17/h9-12,18H,4-8H2,1-3H3. The van der Waals surface area contributed by atoms with Crippen molar-refractivity contribution in [1.82, 2.24) is 5.32 Å². The van der Waals surface area contributed by atoms with Gasteiger partial charge in [-0.25, -0.2) is 0 Å². The van der Waals surface area contributed by atoms with Crippen LogP contribution < -0.4 is 5.32 Å². The minimum atomic E-state index is -4.09. The molecule has 0 aliphatic heterocycles. The fraction of sp³-hybridized carbons (Fsp3) is 1.00. The Morgan fingerprint density at radius 3 is 2.22 bits per heavy atom. The van der Waals surface area contributed by atoms with Crippen LogP contribution in [-0.4, -0.2) is 17.8 Å². The Hall–Kier alpha value is -0.250. The Morgan fingerprint density at radius 1 is 1.17 bits per heavy atom. The molecule has 0 aromatic rings. The van der Waals surface area contributed by atoms with Gasteiger partial charge >= 0.3 is 6.18 Å². The molecular weight excluding hydrogens is 239 g/mol. The van der Waals surface area contributed by atoms with E-state index in [1.165, 1.54) is 0 Å². The lowest BCUT2D eigenvalue weighted by Gasteiger charge is -2.40. The summed E-state index contributed by atoms with van der Waals surface area (Å²) < 4.78 is 39.0. The molecular formula is C14H24F3N. The molecule has 2 rings (SSSR count). The quantitative estimate of drug-likeness (QED) is 0.807. The van der Waals surface area contributed by atoms with E-state index >= 15 is 0 Å². The van der Waals surface area contributed by atoms with Crippen molar-refractivity contribution in [1.29, 1.82) is 0 Å². The number of hydrogen-bond acceptors (Lipinski definition) is 1. The van der Waals surface area contributed by atoms with Crippen LogP contribution in [-0.2, 0) is 0 Å². The maximum absolute atomic E-state index is 13.0. The maximum atomic E-state index is 13.0. The molecule has 1 N–H and O–H groups in total. The summed E-state index contributed by atoms with van der Waals surface area (Å²) in [6.45, 7) is 6.41. The van der Waals surface area contributed by atoms with Crippen LogP contribution in [0.3, 0.4) is 0 Å². The summed E-state index contributed by atoms with van der Waals surface area (Å²) in [5, 5.41) is 2.98. The van der Waals surface area contributed by atoms with E-state index in [2.05, 4.69) is 26.1 Å². The van der Waals surface area contributed by atoms with Crippen molar-refractivity contribution in [2.75, 3.05) is 0 Å². The zero-order valence-corrected chi connectivity index (χ0v) is 11.5. The molecule has 2 aliphatic carbocycles. The van der Waals surface area contributed by atoms with Gasteiger partial charge in [0.2, 0.25) is 0 Å². The second-order valence-corrected chi connectivity index (χ2v) is 6.66. The summed E-state index contributed by atoms with van der Waals surface area (Å²) in [5.41, 5.74) is -1.55. The number of nitrogens with one attached hydrogen (secondary N) is 1. The summed E-state index contributed by atoms with van der Waals surface area (Å²) >= 11 is 0. The van der Waals surface area contributed by atoms with Gasteiger partial charge < -0.3 is 5.32 Å². The van der Waals surface area contributed by atoms with E-state index in [9.17, 15) is 13.2 Å². The van der Waals surface area contributed by atoms with Gasteiger partial charge in [0.05, 0.1) is 0 Å². The van der Waals surface area contributed by atoms with Gasteiger partial charge in [0.1, 0.15) is 5.54 Å². The first-order valence-corrected chi connectivity index (χ1v) is 7.09. The molecule has 3 atom stereocenters. The van der Waals surface area contributed by atoms with Crippen LogP contribution in [0.1, 0.15) is 52.9 Å². The number of alkyl halides is 3. The van der Waals surface area contributed by atoms with Crippen LogP contribution in [0.4, 0.5) is 13.2 Å². The molecule has 0 heterocycles. The molecule has 4 heteroatoms. The molecule has 0 saturated heterocycles. The Morgan fingerprint density at radius 2 is 1.78 bits per heavy atom. The fourth-order valence-corrected chi connectivity index (χ4v) is 3.36. The van der Waals surface area contributed by atoms with E-state index in [0.29, 0.717) is 17.8 Å². The van der Waals surface area contributed by atoms with Gasteiger partial charge in [0, 0.05) is 6.04 Å². The lowest BCUT2D eigenvalue weighted by molar-refractivity contribution is -0.170. The monoisotopic (exact) mass is 263 g/mol. The third kappa shape index (κ3) is 2.68. The molecule has 0 aromatic heterocycles. The van der Waals surface area contributed by atoms with Crippen LogP contribution in [0, 0.1) is 17.8 Å². The van der Waals surface area contributed by atoms with Gasteiger partial charge in [-0.15, -0.1) is 0 Å². The van der Waals surface area contributed by atoms with E-state index < -0.39 is 11.7 Å². The second kappa shape index (κ2) is 4.69. The summed E-state index contributed by atoms with van der Waals surface area (Å²) in [6.07, 6.45) is -0.473. The smallest absolute Gasteiger partial charge is 0.301 e. The second-order valence-electron chi connectivity index (χ2n) is 6.66. The summed E-state index contributed by atoms with van der Waals surface area (Å²) in [7, 11) is 0. The van der Waals surface area contributed by atoms with Crippen molar-refractivity contribution in [3.8, 4) is 0 Å². The van der Waals surface area contributed by atoms with Gasteiger partial charge in [-0.05, 0) is 43.4 Å². The molecule has 0 radical (unpaired) electrons. The van der Waals surface area contributed by atoms with Crippen molar-refractivity contribution in [3.63, 3.8) is 0 Å². The highest BCUT2D eigenvalue weighted by molar-refractivity contribution is 5.10. The Balaban J connectivity index is 2.05. The Bertz CT molecular complexity index is 294. The predicted octanol–water partition coefficient (Wildman–Crippen LogP) is 4.13. The Kier molecular flexibility index (Phi) is 3.69. The lowest BCUT2D eigenvalue weighted by atomic mass is 9.73. The first-order valence-electron chi connectivity index (χ1n) is 7.09. The molecule has 2 saturated carbocycles. The average Bonchev–Trinajstić information content (AvgIpc) is 2.97. The number of halogens is 3. The zero-order valence-electron chi connectivity index (χ0n) is 11.5. The van der Waals surface area contributed by atoms with E-state index in [0.717, 1.165) is 19.3 Å². The molecule has 3 unspecified atom stereocenters. The summed E-state index contributed by atoms with van der Waals surface area (Å²) in [4.78, 5) is 0. The largest absolute Gasteiger partial charge is 0.406 e. The summed E-state index contributed by atoms with van der Waals surface area (Å²) in [6, 6.07) is 0.0397. The highest BCUT2D eigenvalue weighted by Crippen LogP contribution is 2.50. The molecule has 0 amide bonds. The van der Waals surface area contributed by atoms with Crippen LogP contribution in [0.5, 0.6) is 0 Å². The lowest BCUT2D eigenvalue weighted by Crippen LogP contribution is -2.54. The van der Waals surface area contributed by atoms with Crippen molar-refractivity contribution < 1.29 is 13.2 Å². The molecule has 18 heavy (non-hydrogen) atoms. The molecule has 0 bridgehead atoms. The van der Waals surface area contributed by atoms with E-state index in [4.69, 9.17) is 0 Å². The molecule has 1 nitrogen and oxygen atoms in total. The van der Waals surface area contributed by atoms with Gasteiger partial charge in [-0.1, -0.05) is 27.2 Å². The fourth-order valence-electron chi connectivity index (χ4n) is 3.36. The molecule has 0 aromatic carbocycles. The summed E-state index contributed by atoms with van der Waals surface area (Å²) in [5.74, 6) is 1.39. The van der Waals surface area contributed by atoms with Crippen LogP contribution in [0.25, 0.3) is 0 Å². The van der Waals surface area contributed by atoms with Crippen LogP contribution >= 0.6 is 0 Å². The van der Waals surface area contributed by atoms with Crippen LogP contribution in [0.2, 0.25) is 0 Å².